The molecule has 2 heterocycles. The van der Waals surface area contributed by atoms with Gasteiger partial charge in [-0.3, -0.25) is 9.48 Å². The molecule has 0 fully saturated rings. The number of anilines is 1. The molecular weight excluding hydrogens is 240 g/mol. The van der Waals surface area contributed by atoms with Crippen LogP contribution in [0.25, 0.3) is 21.9 Å². The van der Waals surface area contributed by atoms with Crippen LogP contribution in [0.2, 0.25) is 0 Å². The lowest BCUT2D eigenvalue weighted by atomic mass is 10.1. The molecule has 0 saturated carbocycles. The summed E-state index contributed by atoms with van der Waals surface area (Å²) in [5, 5.41) is 8.78. The molecule has 0 saturated heterocycles. The molecular formula is C14H12N4O. The lowest BCUT2D eigenvalue weighted by Gasteiger charge is -2.03. The largest absolute Gasteiger partial charge is 0.313 e. The van der Waals surface area contributed by atoms with Crippen molar-refractivity contribution >= 4 is 23.0 Å². The van der Waals surface area contributed by atoms with Crippen LogP contribution in [0.4, 0.5) is 5.82 Å². The van der Waals surface area contributed by atoms with Crippen LogP contribution in [0.5, 0.6) is 0 Å². The van der Waals surface area contributed by atoms with Crippen LogP contribution < -0.4 is 5.32 Å². The van der Waals surface area contributed by atoms with Crippen molar-refractivity contribution in [2.45, 2.75) is 0 Å². The van der Waals surface area contributed by atoms with E-state index in [1.165, 1.54) is 0 Å². The Morgan fingerprint density at radius 1 is 1.16 bits per heavy atom. The standard InChI is InChI=1S/C14H12N4O/c1-18-8-13(7-17-18)10-2-3-11-6-15-14(16-9-19)5-12(11)4-10/h2-9H,1H3,(H,15,16,19). The molecule has 0 aliphatic heterocycles. The second-order valence-corrected chi connectivity index (χ2v) is 4.30. The average molecular weight is 252 g/mol. The number of nitrogens with one attached hydrogen (secondary N) is 1. The van der Waals surface area contributed by atoms with E-state index in [9.17, 15) is 4.79 Å². The summed E-state index contributed by atoms with van der Waals surface area (Å²) in [7, 11) is 1.89. The molecule has 5 nitrogen and oxygen atoms in total. The smallest absolute Gasteiger partial charge is 0.212 e. The van der Waals surface area contributed by atoms with E-state index >= 15 is 0 Å². The lowest BCUT2D eigenvalue weighted by Crippen LogP contribution is -1.96. The highest BCUT2D eigenvalue weighted by atomic mass is 16.1. The summed E-state index contributed by atoms with van der Waals surface area (Å²) in [4.78, 5) is 14.6. The minimum absolute atomic E-state index is 0.547. The van der Waals surface area contributed by atoms with E-state index in [-0.39, 0.29) is 0 Å². The summed E-state index contributed by atoms with van der Waals surface area (Å²) < 4.78 is 1.77. The SMILES string of the molecule is Cn1cc(-c2ccc3cnc(NC=O)cc3c2)cn1. The Labute approximate surface area is 109 Å². The molecule has 19 heavy (non-hydrogen) atoms. The first-order chi connectivity index (χ1) is 9.26. The van der Waals surface area contributed by atoms with Crippen molar-refractivity contribution in [3.8, 4) is 11.1 Å². The summed E-state index contributed by atoms with van der Waals surface area (Å²) in [5.74, 6) is 0.547. The Morgan fingerprint density at radius 2 is 2.05 bits per heavy atom. The van der Waals surface area contributed by atoms with Crippen LogP contribution in [0.1, 0.15) is 0 Å². The molecule has 5 heteroatoms. The van der Waals surface area contributed by atoms with Gasteiger partial charge >= 0.3 is 0 Å². The molecule has 0 aliphatic carbocycles. The number of carbonyl (C=O) groups excluding carboxylic acids is 1. The van der Waals surface area contributed by atoms with E-state index < -0.39 is 0 Å². The number of benzene rings is 1. The minimum atomic E-state index is 0.547. The summed E-state index contributed by atoms with van der Waals surface area (Å²) in [6, 6.07) is 7.96. The van der Waals surface area contributed by atoms with E-state index in [1.54, 1.807) is 10.9 Å². The van der Waals surface area contributed by atoms with Crippen LogP contribution in [-0.4, -0.2) is 21.2 Å². The summed E-state index contributed by atoms with van der Waals surface area (Å²) in [6.45, 7) is 0. The van der Waals surface area contributed by atoms with Crippen molar-refractivity contribution in [3.05, 3.63) is 42.9 Å². The quantitative estimate of drug-likeness (QED) is 0.727. The number of carbonyl (C=O) groups is 1. The first-order valence-electron chi connectivity index (χ1n) is 5.85. The molecule has 1 aromatic carbocycles. The van der Waals surface area contributed by atoms with Gasteiger partial charge in [-0.2, -0.15) is 5.10 Å². The van der Waals surface area contributed by atoms with Gasteiger partial charge in [-0.15, -0.1) is 0 Å². The molecule has 0 bridgehead atoms. The number of amides is 1. The average Bonchev–Trinajstić information content (AvgIpc) is 2.85. The van der Waals surface area contributed by atoms with Gasteiger partial charge < -0.3 is 5.32 Å². The number of hydrogen-bond donors (Lipinski definition) is 1. The Hall–Kier alpha value is -2.69. The number of pyridine rings is 1. The Morgan fingerprint density at radius 3 is 2.79 bits per heavy atom. The van der Waals surface area contributed by atoms with Crippen molar-refractivity contribution in [2.75, 3.05) is 5.32 Å². The molecule has 0 aliphatic rings. The summed E-state index contributed by atoms with van der Waals surface area (Å²) >= 11 is 0. The maximum atomic E-state index is 10.4. The fourth-order valence-electron chi connectivity index (χ4n) is 2.03. The van der Waals surface area contributed by atoms with E-state index in [2.05, 4.69) is 21.5 Å². The highest BCUT2D eigenvalue weighted by Crippen LogP contribution is 2.24. The number of rotatable bonds is 3. The highest BCUT2D eigenvalue weighted by Gasteiger charge is 2.03. The molecule has 94 valence electrons. The third-order valence-corrected chi connectivity index (χ3v) is 2.97. The topological polar surface area (TPSA) is 59.8 Å². The summed E-state index contributed by atoms with van der Waals surface area (Å²) in [6.07, 6.45) is 6.16. The third-order valence-electron chi connectivity index (χ3n) is 2.97. The van der Waals surface area contributed by atoms with Crippen LogP contribution in [0.15, 0.2) is 42.9 Å². The van der Waals surface area contributed by atoms with Crippen LogP contribution in [0.3, 0.4) is 0 Å². The fourth-order valence-corrected chi connectivity index (χ4v) is 2.03. The predicted molar refractivity (Wildman–Crippen MR) is 73.6 cm³/mol. The molecule has 1 amide bonds. The molecule has 0 unspecified atom stereocenters. The van der Waals surface area contributed by atoms with Gasteiger partial charge in [0.2, 0.25) is 6.41 Å². The van der Waals surface area contributed by atoms with Crippen LogP contribution >= 0.6 is 0 Å². The molecule has 0 radical (unpaired) electrons. The molecule has 2 aromatic heterocycles. The van der Waals surface area contributed by atoms with Crippen LogP contribution in [-0.2, 0) is 11.8 Å². The van der Waals surface area contributed by atoms with Gasteiger partial charge in [0.25, 0.3) is 0 Å². The third kappa shape index (κ3) is 2.18. The van der Waals surface area contributed by atoms with Gasteiger partial charge in [-0.1, -0.05) is 12.1 Å². The number of hydrogen-bond acceptors (Lipinski definition) is 3. The molecule has 0 atom stereocenters. The highest BCUT2D eigenvalue weighted by molar-refractivity contribution is 5.89. The molecule has 1 N–H and O–H groups in total. The van der Waals surface area contributed by atoms with Gasteiger partial charge in [0.05, 0.1) is 6.20 Å². The number of nitrogens with zero attached hydrogens (tertiary/aromatic N) is 3. The maximum Gasteiger partial charge on any atom is 0.212 e. The molecule has 3 aromatic rings. The van der Waals surface area contributed by atoms with E-state index in [0.717, 1.165) is 21.9 Å². The fraction of sp³-hybridized carbons (Fsp3) is 0.0714. The molecule has 3 rings (SSSR count). The van der Waals surface area contributed by atoms with Crippen molar-refractivity contribution in [1.82, 2.24) is 14.8 Å². The van der Waals surface area contributed by atoms with E-state index in [0.29, 0.717) is 12.2 Å². The van der Waals surface area contributed by atoms with Gasteiger partial charge in [-0.25, -0.2) is 4.98 Å². The zero-order valence-electron chi connectivity index (χ0n) is 10.4. The van der Waals surface area contributed by atoms with Crippen molar-refractivity contribution in [1.29, 1.82) is 0 Å². The second-order valence-electron chi connectivity index (χ2n) is 4.30. The van der Waals surface area contributed by atoms with Gasteiger partial charge in [0, 0.05) is 30.4 Å². The maximum absolute atomic E-state index is 10.4. The Kier molecular flexibility index (Phi) is 2.72. The van der Waals surface area contributed by atoms with Crippen molar-refractivity contribution in [2.24, 2.45) is 7.05 Å². The Balaban J connectivity index is 2.10. The second kappa shape index (κ2) is 4.53. The van der Waals surface area contributed by atoms with Gasteiger partial charge in [-0.05, 0) is 23.1 Å². The van der Waals surface area contributed by atoms with E-state index in [4.69, 9.17) is 0 Å². The van der Waals surface area contributed by atoms with Crippen LogP contribution in [0, 0.1) is 0 Å². The number of aromatic nitrogens is 3. The zero-order valence-corrected chi connectivity index (χ0v) is 10.4. The van der Waals surface area contributed by atoms with Crippen molar-refractivity contribution in [3.63, 3.8) is 0 Å². The zero-order chi connectivity index (χ0) is 13.2. The Bertz CT molecular complexity index is 748. The van der Waals surface area contributed by atoms with Crippen molar-refractivity contribution < 1.29 is 4.79 Å². The number of fused-ring (bicyclic) bond motifs is 1. The predicted octanol–water partition coefficient (Wildman–Crippen LogP) is 2.20. The van der Waals surface area contributed by atoms with Gasteiger partial charge in [0.15, 0.2) is 0 Å². The summed E-state index contributed by atoms with van der Waals surface area (Å²) in [5.41, 5.74) is 2.15. The minimum Gasteiger partial charge on any atom is -0.313 e. The van der Waals surface area contributed by atoms with Gasteiger partial charge in [0.1, 0.15) is 5.82 Å². The van der Waals surface area contributed by atoms with E-state index in [1.807, 2.05) is 37.6 Å². The number of aryl methyl sites for hydroxylation is 1. The first-order valence-corrected chi connectivity index (χ1v) is 5.85. The first kappa shape index (κ1) is 11.4. The molecule has 0 spiro atoms. The lowest BCUT2D eigenvalue weighted by molar-refractivity contribution is -0.105. The normalized spacial score (nSPS) is 10.6. The monoisotopic (exact) mass is 252 g/mol.